The predicted molar refractivity (Wildman–Crippen MR) is 76.0 cm³/mol. The summed E-state index contributed by atoms with van der Waals surface area (Å²) in [6.45, 7) is 1.98. The van der Waals surface area contributed by atoms with E-state index in [0.29, 0.717) is 11.5 Å². The van der Waals surface area contributed by atoms with Crippen LogP contribution in [0.15, 0.2) is 47.6 Å². The molecule has 1 atom stereocenters. The van der Waals surface area contributed by atoms with Crippen LogP contribution in [0, 0.1) is 6.92 Å². The van der Waals surface area contributed by atoms with Crippen molar-refractivity contribution in [1.82, 2.24) is 15.8 Å². The third kappa shape index (κ3) is 2.94. The number of nitrogens with zero attached hydrogens (tertiary/aromatic N) is 2. The van der Waals surface area contributed by atoms with Gasteiger partial charge in [-0.05, 0) is 24.6 Å². The van der Waals surface area contributed by atoms with Gasteiger partial charge in [-0.15, -0.1) is 0 Å². The lowest BCUT2D eigenvalue weighted by molar-refractivity contribution is -0.137. The Morgan fingerprint density at radius 2 is 1.95 bits per heavy atom. The summed E-state index contributed by atoms with van der Waals surface area (Å²) in [7, 11) is 0. The van der Waals surface area contributed by atoms with Gasteiger partial charge in [0, 0.05) is 6.20 Å². The highest BCUT2D eigenvalue weighted by atomic mass is 19.4. The molecule has 1 aromatic carbocycles. The maximum atomic E-state index is 12.5. The van der Waals surface area contributed by atoms with E-state index in [4.69, 9.17) is 0 Å². The summed E-state index contributed by atoms with van der Waals surface area (Å²) in [5.74, 6) is 0.417. The van der Waals surface area contributed by atoms with E-state index in [1.807, 2.05) is 31.2 Å². The molecule has 0 aliphatic carbocycles. The van der Waals surface area contributed by atoms with Crippen LogP contribution in [-0.2, 0) is 6.18 Å². The molecule has 0 amide bonds. The smallest absolute Gasteiger partial charge is 0.302 e. The fourth-order valence-electron chi connectivity index (χ4n) is 2.16. The Balaban J connectivity index is 1.83. The first-order valence-corrected chi connectivity index (χ1v) is 6.63. The molecule has 0 bridgehead atoms. The van der Waals surface area contributed by atoms with E-state index in [1.165, 1.54) is 6.07 Å². The number of aryl methyl sites for hydroxylation is 1. The first-order chi connectivity index (χ1) is 10.4. The van der Waals surface area contributed by atoms with E-state index in [9.17, 15) is 13.2 Å². The molecule has 2 N–H and O–H groups in total. The number of aliphatic imine (C=N–C) groups is 1. The number of hydrogen-bond acceptors (Lipinski definition) is 4. The molecule has 0 radical (unpaired) electrons. The fourth-order valence-corrected chi connectivity index (χ4v) is 2.16. The maximum Gasteiger partial charge on any atom is 0.417 e. The van der Waals surface area contributed by atoms with Gasteiger partial charge in [-0.1, -0.05) is 29.8 Å². The Kier molecular flexibility index (Phi) is 3.58. The first-order valence-electron chi connectivity index (χ1n) is 6.63. The average molecular weight is 306 g/mol. The minimum atomic E-state index is -4.39. The van der Waals surface area contributed by atoms with Crippen molar-refractivity contribution in [3.63, 3.8) is 0 Å². The number of hydrogen-bond donors (Lipinski definition) is 2. The van der Waals surface area contributed by atoms with E-state index in [0.717, 1.165) is 23.4 Å². The van der Waals surface area contributed by atoms with Crippen molar-refractivity contribution in [2.24, 2.45) is 4.99 Å². The summed E-state index contributed by atoms with van der Waals surface area (Å²) in [5, 5.41) is 0. The SMILES string of the molecule is Cc1cccc([C@H]2N=C(c3ccc(C(F)(F)F)cn3)NN2)c1. The van der Waals surface area contributed by atoms with Crippen LogP contribution in [0.2, 0.25) is 0 Å². The molecular weight excluding hydrogens is 293 g/mol. The molecule has 0 fully saturated rings. The normalized spacial score (nSPS) is 18.0. The van der Waals surface area contributed by atoms with Gasteiger partial charge in [-0.3, -0.25) is 4.98 Å². The van der Waals surface area contributed by atoms with Gasteiger partial charge in [0.05, 0.1) is 5.56 Å². The zero-order valence-corrected chi connectivity index (χ0v) is 11.6. The lowest BCUT2D eigenvalue weighted by Gasteiger charge is -2.07. The molecule has 0 saturated carbocycles. The molecule has 22 heavy (non-hydrogen) atoms. The van der Waals surface area contributed by atoms with Gasteiger partial charge in [0.15, 0.2) is 5.84 Å². The van der Waals surface area contributed by atoms with Gasteiger partial charge >= 0.3 is 6.18 Å². The van der Waals surface area contributed by atoms with Gasteiger partial charge < -0.3 is 5.43 Å². The van der Waals surface area contributed by atoms with Gasteiger partial charge in [0.1, 0.15) is 11.9 Å². The summed E-state index contributed by atoms with van der Waals surface area (Å²) in [6, 6.07) is 10.1. The zero-order chi connectivity index (χ0) is 15.7. The van der Waals surface area contributed by atoms with E-state index >= 15 is 0 Å². The molecule has 4 nitrogen and oxygen atoms in total. The summed E-state index contributed by atoms with van der Waals surface area (Å²) in [6.07, 6.45) is -3.88. The Morgan fingerprint density at radius 3 is 2.59 bits per heavy atom. The van der Waals surface area contributed by atoms with Crippen molar-refractivity contribution in [1.29, 1.82) is 0 Å². The van der Waals surface area contributed by atoms with Gasteiger partial charge in [0.2, 0.25) is 0 Å². The second kappa shape index (κ2) is 5.42. The average Bonchev–Trinajstić information content (AvgIpc) is 2.96. The second-order valence-corrected chi connectivity index (χ2v) is 4.99. The van der Waals surface area contributed by atoms with E-state index in [1.54, 1.807) is 0 Å². The molecule has 1 aliphatic heterocycles. The highest BCUT2D eigenvalue weighted by molar-refractivity contribution is 5.97. The molecule has 0 unspecified atom stereocenters. The Morgan fingerprint density at radius 1 is 1.14 bits per heavy atom. The Labute approximate surface area is 125 Å². The minimum absolute atomic E-state index is 0.293. The van der Waals surface area contributed by atoms with Crippen LogP contribution in [0.25, 0.3) is 0 Å². The van der Waals surface area contributed by atoms with Crippen LogP contribution in [-0.4, -0.2) is 10.8 Å². The molecule has 114 valence electrons. The number of pyridine rings is 1. The third-order valence-corrected chi connectivity index (χ3v) is 3.28. The van der Waals surface area contributed by atoms with Crippen LogP contribution in [0.5, 0.6) is 0 Å². The lowest BCUT2D eigenvalue weighted by Crippen LogP contribution is -2.32. The van der Waals surface area contributed by atoms with Crippen LogP contribution < -0.4 is 10.9 Å². The number of alkyl halides is 3. The summed E-state index contributed by atoms with van der Waals surface area (Å²) in [4.78, 5) is 8.23. The Bertz CT molecular complexity index is 707. The fraction of sp³-hybridized carbons (Fsp3) is 0.200. The summed E-state index contributed by atoms with van der Waals surface area (Å²) >= 11 is 0. The van der Waals surface area contributed by atoms with E-state index in [-0.39, 0.29) is 6.17 Å². The minimum Gasteiger partial charge on any atom is -0.302 e. The molecule has 0 saturated heterocycles. The molecular formula is C15H13F3N4. The van der Waals surface area contributed by atoms with Crippen molar-refractivity contribution in [3.8, 4) is 0 Å². The molecule has 0 spiro atoms. The second-order valence-electron chi connectivity index (χ2n) is 4.99. The number of amidine groups is 1. The number of hydrazine groups is 1. The molecule has 1 aromatic heterocycles. The zero-order valence-electron chi connectivity index (χ0n) is 11.6. The summed E-state index contributed by atoms with van der Waals surface area (Å²) < 4.78 is 37.6. The molecule has 2 aromatic rings. The maximum absolute atomic E-state index is 12.5. The van der Waals surface area contributed by atoms with Crippen molar-refractivity contribution < 1.29 is 13.2 Å². The lowest BCUT2D eigenvalue weighted by atomic mass is 10.1. The van der Waals surface area contributed by atoms with Crippen LogP contribution in [0.3, 0.4) is 0 Å². The van der Waals surface area contributed by atoms with Crippen molar-refractivity contribution in [2.45, 2.75) is 19.3 Å². The van der Waals surface area contributed by atoms with Crippen LogP contribution in [0.4, 0.5) is 13.2 Å². The van der Waals surface area contributed by atoms with Gasteiger partial charge in [-0.2, -0.15) is 13.2 Å². The third-order valence-electron chi connectivity index (χ3n) is 3.28. The van der Waals surface area contributed by atoms with Crippen molar-refractivity contribution in [2.75, 3.05) is 0 Å². The van der Waals surface area contributed by atoms with Crippen LogP contribution in [0.1, 0.15) is 28.6 Å². The monoisotopic (exact) mass is 306 g/mol. The van der Waals surface area contributed by atoms with Crippen molar-refractivity contribution >= 4 is 5.84 Å². The largest absolute Gasteiger partial charge is 0.417 e. The number of halogens is 3. The standard InChI is InChI=1S/C15H13F3N4/c1-9-3-2-4-10(7-9)13-20-14(22-21-13)12-6-5-11(8-19-12)15(16,17)18/h2-8,13,21H,1H3,(H,20,22)/t13-/m0/s1. The number of benzene rings is 1. The quantitative estimate of drug-likeness (QED) is 0.897. The number of nitrogens with one attached hydrogen (secondary N) is 2. The molecule has 1 aliphatic rings. The molecule has 7 heteroatoms. The highest BCUT2D eigenvalue weighted by Crippen LogP contribution is 2.28. The predicted octanol–water partition coefficient (Wildman–Crippen LogP) is 2.96. The number of aromatic nitrogens is 1. The number of rotatable bonds is 2. The van der Waals surface area contributed by atoms with Gasteiger partial charge in [-0.25, -0.2) is 10.4 Å². The topological polar surface area (TPSA) is 49.3 Å². The first kappa shape index (κ1) is 14.5. The van der Waals surface area contributed by atoms with Crippen LogP contribution >= 0.6 is 0 Å². The van der Waals surface area contributed by atoms with E-state index in [2.05, 4.69) is 20.8 Å². The molecule has 3 rings (SSSR count). The van der Waals surface area contributed by atoms with Crippen molar-refractivity contribution in [3.05, 3.63) is 65.0 Å². The van der Waals surface area contributed by atoms with E-state index < -0.39 is 11.7 Å². The highest BCUT2D eigenvalue weighted by Gasteiger charge is 2.31. The molecule has 2 heterocycles. The summed E-state index contributed by atoms with van der Waals surface area (Å²) in [5.41, 5.74) is 7.48. The Hall–Kier alpha value is -2.41. The van der Waals surface area contributed by atoms with Gasteiger partial charge in [0.25, 0.3) is 0 Å².